The molecule has 1 aromatic carbocycles. The topological polar surface area (TPSA) is 52.6 Å². The SMILES string of the molecule is CCOC(=O)C(=O)c1ccc(F)cc1OCCC(C)C. The molecule has 1 rings (SSSR count). The molecule has 0 saturated heterocycles. The summed E-state index contributed by atoms with van der Waals surface area (Å²) < 4.78 is 23.3. The van der Waals surface area contributed by atoms with Gasteiger partial charge in [0.1, 0.15) is 11.6 Å². The molecule has 0 unspecified atom stereocenters. The van der Waals surface area contributed by atoms with E-state index in [1.54, 1.807) is 6.92 Å². The molecule has 0 bridgehead atoms. The van der Waals surface area contributed by atoms with Gasteiger partial charge in [-0.05, 0) is 31.4 Å². The number of carbonyl (C=O) groups is 2. The number of halogens is 1. The molecule has 4 nitrogen and oxygen atoms in total. The summed E-state index contributed by atoms with van der Waals surface area (Å²) in [4.78, 5) is 23.3. The molecule has 0 N–H and O–H groups in total. The number of hydrogen-bond donors (Lipinski definition) is 0. The average molecular weight is 282 g/mol. The van der Waals surface area contributed by atoms with Crippen LogP contribution in [-0.2, 0) is 9.53 Å². The van der Waals surface area contributed by atoms with Gasteiger partial charge in [0.2, 0.25) is 0 Å². The van der Waals surface area contributed by atoms with Crippen LogP contribution in [0.4, 0.5) is 4.39 Å². The number of benzene rings is 1. The van der Waals surface area contributed by atoms with Gasteiger partial charge in [-0.25, -0.2) is 9.18 Å². The van der Waals surface area contributed by atoms with Crippen LogP contribution < -0.4 is 4.74 Å². The minimum absolute atomic E-state index is 0.0219. The maximum Gasteiger partial charge on any atom is 0.379 e. The summed E-state index contributed by atoms with van der Waals surface area (Å²) in [6, 6.07) is 3.45. The molecule has 0 fully saturated rings. The van der Waals surface area contributed by atoms with Crippen molar-refractivity contribution in [2.45, 2.75) is 27.2 Å². The number of carbonyl (C=O) groups excluding carboxylic acids is 2. The van der Waals surface area contributed by atoms with E-state index in [0.717, 1.165) is 18.6 Å². The number of esters is 1. The largest absolute Gasteiger partial charge is 0.493 e. The highest BCUT2D eigenvalue weighted by Gasteiger charge is 2.22. The van der Waals surface area contributed by atoms with Crippen molar-refractivity contribution >= 4 is 11.8 Å². The summed E-state index contributed by atoms with van der Waals surface area (Å²) in [5, 5.41) is 0. The summed E-state index contributed by atoms with van der Waals surface area (Å²) in [5.74, 6) is -1.82. The van der Waals surface area contributed by atoms with Crippen LogP contribution in [0.5, 0.6) is 5.75 Å². The fourth-order valence-corrected chi connectivity index (χ4v) is 1.51. The number of ketones is 1. The van der Waals surface area contributed by atoms with Crippen LogP contribution >= 0.6 is 0 Å². The Balaban J connectivity index is 2.89. The summed E-state index contributed by atoms with van der Waals surface area (Å²) >= 11 is 0. The third-order valence-corrected chi connectivity index (χ3v) is 2.60. The molecule has 0 atom stereocenters. The molecule has 0 amide bonds. The molecule has 1 aromatic rings. The van der Waals surface area contributed by atoms with Gasteiger partial charge in [-0.15, -0.1) is 0 Å². The van der Waals surface area contributed by atoms with Crippen molar-refractivity contribution in [1.29, 1.82) is 0 Å². The maximum absolute atomic E-state index is 13.2. The first-order chi connectivity index (χ1) is 9.45. The number of ether oxygens (including phenoxy) is 2. The van der Waals surface area contributed by atoms with Crippen molar-refractivity contribution in [2.75, 3.05) is 13.2 Å². The third kappa shape index (κ3) is 4.64. The highest BCUT2D eigenvalue weighted by molar-refractivity contribution is 6.41. The average Bonchev–Trinajstić information content (AvgIpc) is 2.38. The number of hydrogen-bond acceptors (Lipinski definition) is 4. The van der Waals surface area contributed by atoms with Crippen molar-refractivity contribution in [3.05, 3.63) is 29.6 Å². The normalized spacial score (nSPS) is 10.4. The van der Waals surface area contributed by atoms with Crippen LogP contribution in [-0.4, -0.2) is 25.0 Å². The fourth-order valence-electron chi connectivity index (χ4n) is 1.51. The smallest absolute Gasteiger partial charge is 0.379 e. The van der Waals surface area contributed by atoms with Gasteiger partial charge < -0.3 is 9.47 Å². The zero-order valence-corrected chi connectivity index (χ0v) is 11.9. The Morgan fingerprint density at radius 1 is 1.30 bits per heavy atom. The Morgan fingerprint density at radius 2 is 2.00 bits per heavy atom. The van der Waals surface area contributed by atoms with Gasteiger partial charge >= 0.3 is 5.97 Å². The zero-order chi connectivity index (χ0) is 15.1. The molecule has 0 aromatic heterocycles. The van der Waals surface area contributed by atoms with Crippen LogP contribution in [0.25, 0.3) is 0 Å². The summed E-state index contributed by atoms with van der Waals surface area (Å²) in [5.41, 5.74) is 0.0219. The molecule has 5 heteroatoms. The van der Waals surface area contributed by atoms with E-state index in [9.17, 15) is 14.0 Å². The highest BCUT2D eigenvalue weighted by atomic mass is 19.1. The van der Waals surface area contributed by atoms with E-state index in [2.05, 4.69) is 4.74 Å². The lowest BCUT2D eigenvalue weighted by molar-refractivity contribution is -0.137. The second-order valence-corrected chi connectivity index (χ2v) is 4.72. The van der Waals surface area contributed by atoms with Crippen molar-refractivity contribution < 1.29 is 23.5 Å². The van der Waals surface area contributed by atoms with E-state index in [1.807, 2.05) is 13.8 Å². The van der Waals surface area contributed by atoms with E-state index >= 15 is 0 Å². The predicted molar refractivity (Wildman–Crippen MR) is 72.3 cm³/mol. The lowest BCUT2D eigenvalue weighted by Gasteiger charge is -2.11. The minimum Gasteiger partial charge on any atom is -0.493 e. The Labute approximate surface area is 117 Å². The molecule has 0 aliphatic heterocycles. The molecular weight excluding hydrogens is 263 g/mol. The van der Waals surface area contributed by atoms with Crippen molar-refractivity contribution in [3.63, 3.8) is 0 Å². The summed E-state index contributed by atoms with van der Waals surface area (Å²) in [6.07, 6.45) is 0.767. The van der Waals surface area contributed by atoms with Gasteiger partial charge in [-0.3, -0.25) is 4.79 Å². The van der Waals surface area contributed by atoms with E-state index < -0.39 is 17.6 Å². The molecule has 0 heterocycles. The van der Waals surface area contributed by atoms with Crippen molar-refractivity contribution in [2.24, 2.45) is 5.92 Å². The first-order valence-electron chi connectivity index (χ1n) is 6.59. The Kier molecular flexibility index (Phi) is 6.15. The first kappa shape index (κ1) is 16.1. The second kappa shape index (κ2) is 7.62. The molecule has 0 radical (unpaired) electrons. The number of Topliss-reactive ketones (excluding diaryl/α,β-unsaturated/α-hetero) is 1. The van der Waals surface area contributed by atoms with E-state index in [-0.39, 0.29) is 17.9 Å². The van der Waals surface area contributed by atoms with Crippen molar-refractivity contribution in [1.82, 2.24) is 0 Å². The van der Waals surface area contributed by atoms with Crippen molar-refractivity contribution in [3.8, 4) is 5.75 Å². The Hall–Kier alpha value is -1.91. The van der Waals surface area contributed by atoms with Crippen LogP contribution in [0.3, 0.4) is 0 Å². The summed E-state index contributed by atoms with van der Waals surface area (Å²) in [6.45, 7) is 6.12. The third-order valence-electron chi connectivity index (χ3n) is 2.60. The van der Waals surface area contributed by atoms with E-state index in [4.69, 9.17) is 4.74 Å². The van der Waals surface area contributed by atoms with Gasteiger partial charge in [0.05, 0.1) is 18.8 Å². The lowest BCUT2D eigenvalue weighted by Crippen LogP contribution is -2.19. The minimum atomic E-state index is -0.965. The lowest BCUT2D eigenvalue weighted by atomic mass is 10.1. The van der Waals surface area contributed by atoms with E-state index in [0.29, 0.717) is 12.5 Å². The quantitative estimate of drug-likeness (QED) is 0.438. The molecule has 0 spiro atoms. The van der Waals surface area contributed by atoms with Crippen LogP contribution in [0, 0.1) is 11.7 Å². The molecule has 20 heavy (non-hydrogen) atoms. The van der Waals surface area contributed by atoms with Gasteiger partial charge in [0.25, 0.3) is 5.78 Å². The Morgan fingerprint density at radius 3 is 2.60 bits per heavy atom. The predicted octanol–water partition coefficient (Wildman–Crippen LogP) is 3.00. The Bertz CT molecular complexity index is 483. The maximum atomic E-state index is 13.2. The monoisotopic (exact) mass is 282 g/mol. The zero-order valence-electron chi connectivity index (χ0n) is 11.9. The van der Waals surface area contributed by atoms with Crippen LogP contribution in [0.1, 0.15) is 37.6 Å². The van der Waals surface area contributed by atoms with Crippen LogP contribution in [0.2, 0.25) is 0 Å². The molecule has 0 aliphatic rings. The first-order valence-corrected chi connectivity index (χ1v) is 6.59. The van der Waals surface area contributed by atoms with Gasteiger partial charge in [-0.2, -0.15) is 0 Å². The number of rotatable bonds is 7. The van der Waals surface area contributed by atoms with Gasteiger partial charge in [0.15, 0.2) is 0 Å². The van der Waals surface area contributed by atoms with Crippen LogP contribution in [0.15, 0.2) is 18.2 Å². The molecule has 110 valence electrons. The fraction of sp³-hybridized carbons (Fsp3) is 0.467. The molecule has 0 aliphatic carbocycles. The second-order valence-electron chi connectivity index (χ2n) is 4.72. The molecule has 0 saturated carbocycles. The van der Waals surface area contributed by atoms with Gasteiger partial charge in [0, 0.05) is 6.07 Å². The summed E-state index contributed by atoms with van der Waals surface area (Å²) in [7, 11) is 0. The van der Waals surface area contributed by atoms with E-state index in [1.165, 1.54) is 6.07 Å². The standard InChI is InChI=1S/C15H19FO4/c1-4-19-15(18)14(17)12-6-5-11(16)9-13(12)20-8-7-10(2)3/h5-6,9-10H,4,7-8H2,1-3H3. The van der Waals surface area contributed by atoms with Gasteiger partial charge in [-0.1, -0.05) is 13.8 Å². The highest BCUT2D eigenvalue weighted by Crippen LogP contribution is 2.21. The molecular formula is C15H19FO4.